The second-order valence-corrected chi connectivity index (χ2v) is 7.68. The molecular weight excluding hydrogens is 378 g/mol. The van der Waals surface area contributed by atoms with Crippen LogP contribution in [0.15, 0.2) is 52.9 Å². The minimum Gasteiger partial charge on any atom is -0.415 e. The molecule has 0 aliphatic rings. The minimum atomic E-state index is -0.439. The Bertz CT molecular complexity index is 1090. The van der Waals surface area contributed by atoms with Crippen molar-refractivity contribution in [2.75, 3.05) is 7.05 Å². The summed E-state index contributed by atoms with van der Waals surface area (Å²) in [6.07, 6.45) is 0. The second-order valence-electron chi connectivity index (χ2n) is 6.57. The maximum Gasteiger partial charge on any atom is 0.274 e. The smallest absolute Gasteiger partial charge is 0.274 e. The Balaban J connectivity index is 1.48. The van der Waals surface area contributed by atoms with Crippen LogP contribution >= 0.6 is 11.3 Å². The van der Waals surface area contributed by atoms with Crippen LogP contribution in [0.1, 0.15) is 23.9 Å². The van der Waals surface area contributed by atoms with Crippen molar-refractivity contribution in [3.8, 4) is 11.5 Å². The zero-order chi connectivity index (χ0) is 19.7. The number of para-hydroxylation sites is 1. The molecule has 142 valence electrons. The summed E-state index contributed by atoms with van der Waals surface area (Å²) in [6, 6.07) is 14.1. The maximum absolute atomic E-state index is 10.8. The van der Waals surface area contributed by atoms with Gasteiger partial charge in [-0.25, -0.2) is 4.98 Å². The molecule has 2 aromatic carbocycles. The molecular formula is C19H18N5O3S+. The molecule has 0 aliphatic carbocycles. The average Bonchev–Trinajstić information content (AvgIpc) is 3.34. The third-order valence-corrected chi connectivity index (χ3v) is 5.68. The van der Waals surface area contributed by atoms with Crippen molar-refractivity contribution in [2.24, 2.45) is 0 Å². The Morgan fingerprint density at radius 2 is 1.93 bits per heavy atom. The number of hydrogen-bond donors (Lipinski definition) is 1. The molecule has 2 aromatic heterocycles. The van der Waals surface area contributed by atoms with Gasteiger partial charge >= 0.3 is 0 Å². The van der Waals surface area contributed by atoms with Crippen molar-refractivity contribution in [1.82, 2.24) is 15.2 Å². The average molecular weight is 396 g/mol. The summed E-state index contributed by atoms with van der Waals surface area (Å²) in [5, 5.41) is 20.1. The first-order valence-electron chi connectivity index (χ1n) is 8.76. The van der Waals surface area contributed by atoms with E-state index in [1.54, 1.807) is 23.5 Å². The highest BCUT2D eigenvalue weighted by atomic mass is 32.1. The number of nitro groups is 1. The van der Waals surface area contributed by atoms with E-state index in [0.717, 1.165) is 17.1 Å². The topological polar surface area (TPSA) is 99.4 Å². The van der Waals surface area contributed by atoms with Crippen LogP contribution in [0.5, 0.6) is 0 Å². The Labute approximate surface area is 164 Å². The van der Waals surface area contributed by atoms with E-state index in [0.29, 0.717) is 17.3 Å². The largest absolute Gasteiger partial charge is 0.415 e. The summed E-state index contributed by atoms with van der Waals surface area (Å²) < 4.78 is 7.00. The molecule has 0 aliphatic heterocycles. The van der Waals surface area contributed by atoms with Gasteiger partial charge in [-0.1, -0.05) is 12.1 Å². The first-order valence-corrected chi connectivity index (χ1v) is 9.58. The zero-order valence-electron chi connectivity index (χ0n) is 15.3. The lowest BCUT2D eigenvalue weighted by Crippen LogP contribution is -3.07. The van der Waals surface area contributed by atoms with Crippen molar-refractivity contribution in [3.63, 3.8) is 0 Å². The van der Waals surface area contributed by atoms with Crippen LogP contribution in [-0.4, -0.2) is 27.2 Å². The molecule has 4 aromatic rings. The first kappa shape index (κ1) is 18.2. The standard InChI is InChI=1S/C19H17N5O3S/c1-12(23(2)11-17-20-15-5-3-4-6-16(15)28-17)18-21-22-19(27-18)13-7-9-14(10-8-13)24(25)26/h3-10,12H,11H2,1-2H3/p+1/t12-/m0/s1. The Hall–Kier alpha value is -3.17. The number of aromatic nitrogens is 3. The van der Waals surface area contributed by atoms with Crippen molar-refractivity contribution in [1.29, 1.82) is 0 Å². The van der Waals surface area contributed by atoms with Gasteiger partial charge in [0.1, 0.15) is 11.6 Å². The van der Waals surface area contributed by atoms with Gasteiger partial charge in [-0.3, -0.25) is 10.1 Å². The van der Waals surface area contributed by atoms with Gasteiger partial charge in [-0.05, 0) is 31.2 Å². The number of benzene rings is 2. The van der Waals surface area contributed by atoms with E-state index in [-0.39, 0.29) is 11.7 Å². The van der Waals surface area contributed by atoms with Gasteiger partial charge in [0.2, 0.25) is 5.89 Å². The van der Waals surface area contributed by atoms with E-state index >= 15 is 0 Å². The van der Waals surface area contributed by atoms with E-state index in [9.17, 15) is 10.1 Å². The van der Waals surface area contributed by atoms with Crippen LogP contribution in [0.4, 0.5) is 5.69 Å². The second kappa shape index (κ2) is 7.45. The van der Waals surface area contributed by atoms with Crippen LogP contribution < -0.4 is 4.90 Å². The molecule has 9 heteroatoms. The number of thiazole rings is 1. The molecule has 0 radical (unpaired) electrons. The lowest BCUT2D eigenvalue weighted by molar-refractivity contribution is -0.925. The van der Waals surface area contributed by atoms with E-state index in [4.69, 9.17) is 4.42 Å². The summed E-state index contributed by atoms with van der Waals surface area (Å²) in [6.45, 7) is 2.77. The number of nitrogens with one attached hydrogen (secondary N) is 1. The summed E-state index contributed by atoms with van der Waals surface area (Å²) in [7, 11) is 2.06. The van der Waals surface area contributed by atoms with Crippen LogP contribution in [0.2, 0.25) is 0 Å². The SMILES string of the molecule is C[C@@H](c1nnc(-c2ccc([N+](=O)[O-])cc2)o1)[NH+](C)Cc1nc2ccccc2s1. The van der Waals surface area contributed by atoms with E-state index < -0.39 is 4.92 Å². The number of fused-ring (bicyclic) bond motifs is 1. The molecule has 0 saturated heterocycles. The van der Waals surface area contributed by atoms with Gasteiger partial charge in [-0.15, -0.1) is 21.5 Å². The summed E-state index contributed by atoms with van der Waals surface area (Å²) in [5.74, 6) is 0.872. The van der Waals surface area contributed by atoms with Gasteiger partial charge in [0.05, 0.1) is 22.2 Å². The molecule has 0 saturated carbocycles. The highest BCUT2D eigenvalue weighted by molar-refractivity contribution is 7.18. The molecule has 0 spiro atoms. The van der Waals surface area contributed by atoms with Gasteiger partial charge in [0.15, 0.2) is 6.04 Å². The number of rotatable bonds is 6. The summed E-state index contributed by atoms with van der Waals surface area (Å²) in [4.78, 5) is 16.2. The number of quaternary nitrogens is 1. The lowest BCUT2D eigenvalue weighted by atomic mass is 10.2. The molecule has 1 unspecified atom stereocenters. The predicted molar refractivity (Wildman–Crippen MR) is 105 cm³/mol. The fourth-order valence-corrected chi connectivity index (χ4v) is 3.91. The molecule has 0 bridgehead atoms. The molecule has 2 atom stereocenters. The fourth-order valence-electron chi connectivity index (χ4n) is 2.85. The Kier molecular flexibility index (Phi) is 4.84. The predicted octanol–water partition coefficient (Wildman–Crippen LogP) is 3.03. The fraction of sp³-hybridized carbons (Fsp3) is 0.211. The molecule has 2 heterocycles. The summed E-state index contributed by atoms with van der Waals surface area (Å²) in [5.41, 5.74) is 1.69. The van der Waals surface area contributed by atoms with E-state index in [1.807, 2.05) is 25.1 Å². The molecule has 0 fully saturated rings. The number of non-ortho nitro benzene ring substituents is 1. The number of nitrogens with zero attached hydrogens (tertiary/aromatic N) is 4. The van der Waals surface area contributed by atoms with Gasteiger partial charge in [0, 0.05) is 17.7 Å². The number of nitro benzene ring substituents is 1. The zero-order valence-corrected chi connectivity index (χ0v) is 16.1. The van der Waals surface area contributed by atoms with Crippen LogP contribution in [0.25, 0.3) is 21.7 Å². The van der Waals surface area contributed by atoms with Gasteiger partial charge in [-0.2, -0.15) is 0 Å². The first-order chi connectivity index (χ1) is 13.5. The van der Waals surface area contributed by atoms with Gasteiger partial charge in [0.25, 0.3) is 11.6 Å². The molecule has 1 N–H and O–H groups in total. The van der Waals surface area contributed by atoms with Crippen LogP contribution in [-0.2, 0) is 6.54 Å². The maximum atomic E-state index is 10.8. The van der Waals surface area contributed by atoms with Crippen LogP contribution in [0, 0.1) is 10.1 Å². The monoisotopic (exact) mass is 396 g/mol. The minimum absolute atomic E-state index is 0.0219. The van der Waals surface area contributed by atoms with Gasteiger partial charge < -0.3 is 9.32 Å². The van der Waals surface area contributed by atoms with Crippen molar-refractivity contribution >= 4 is 27.2 Å². The van der Waals surface area contributed by atoms with Crippen molar-refractivity contribution in [2.45, 2.75) is 19.5 Å². The number of hydrogen-bond acceptors (Lipinski definition) is 7. The highest BCUT2D eigenvalue weighted by Gasteiger charge is 2.24. The van der Waals surface area contributed by atoms with E-state index in [1.165, 1.54) is 21.7 Å². The van der Waals surface area contributed by atoms with Crippen molar-refractivity contribution < 1.29 is 14.2 Å². The Morgan fingerprint density at radius 3 is 2.64 bits per heavy atom. The molecule has 8 nitrogen and oxygen atoms in total. The molecule has 0 amide bonds. The highest BCUT2D eigenvalue weighted by Crippen LogP contribution is 2.23. The third-order valence-electron chi connectivity index (χ3n) is 4.64. The third kappa shape index (κ3) is 3.62. The molecule has 4 rings (SSSR count). The van der Waals surface area contributed by atoms with E-state index in [2.05, 4.69) is 28.3 Å². The normalized spacial score (nSPS) is 13.5. The molecule has 28 heavy (non-hydrogen) atoms. The summed E-state index contributed by atoms with van der Waals surface area (Å²) >= 11 is 1.69. The van der Waals surface area contributed by atoms with Crippen molar-refractivity contribution in [3.05, 3.63) is 69.5 Å². The Morgan fingerprint density at radius 1 is 1.18 bits per heavy atom. The lowest BCUT2D eigenvalue weighted by Gasteiger charge is -2.17. The van der Waals surface area contributed by atoms with Crippen LogP contribution in [0.3, 0.4) is 0 Å². The quantitative estimate of drug-likeness (QED) is 0.397.